The zero-order chi connectivity index (χ0) is 10.8. The Morgan fingerprint density at radius 1 is 1.33 bits per heavy atom. The van der Waals surface area contributed by atoms with Crippen LogP contribution in [0.5, 0.6) is 0 Å². The van der Waals surface area contributed by atoms with Gasteiger partial charge in [-0.1, -0.05) is 6.42 Å². The van der Waals surface area contributed by atoms with Crippen LogP contribution in [0.4, 0.5) is 0 Å². The van der Waals surface area contributed by atoms with E-state index in [4.69, 9.17) is 5.73 Å². The van der Waals surface area contributed by atoms with Crippen LogP contribution in [-0.4, -0.2) is 11.0 Å². The third-order valence-electron chi connectivity index (χ3n) is 3.66. The molecule has 0 aromatic carbocycles. The van der Waals surface area contributed by atoms with Gasteiger partial charge >= 0.3 is 0 Å². The van der Waals surface area contributed by atoms with Crippen LogP contribution in [0.25, 0.3) is 0 Å². The summed E-state index contributed by atoms with van der Waals surface area (Å²) in [6.07, 6.45) is 5.85. The molecule has 0 radical (unpaired) electrons. The first-order valence-electron chi connectivity index (χ1n) is 5.49. The van der Waals surface area contributed by atoms with E-state index in [0.717, 1.165) is 11.8 Å². The minimum absolute atomic E-state index is 0.000324. The fraction of sp³-hybridized carbons (Fsp3) is 0.800. The SMILES string of the molecule is NC(=S)NNC(=O)CC1CC2CCC1C2. The summed E-state index contributed by atoms with van der Waals surface area (Å²) in [4.78, 5) is 11.5. The Labute approximate surface area is 94.9 Å². The number of hydrogen-bond donors (Lipinski definition) is 3. The Balaban J connectivity index is 1.73. The molecule has 4 nitrogen and oxygen atoms in total. The Kier molecular flexibility index (Phi) is 3.09. The van der Waals surface area contributed by atoms with E-state index in [2.05, 4.69) is 23.1 Å². The van der Waals surface area contributed by atoms with Crippen molar-refractivity contribution < 1.29 is 4.79 Å². The van der Waals surface area contributed by atoms with Crippen molar-refractivity contribution >= 4 is 23.2 Å². The molecule has 2 saturated carbocycles. The van der Waals surface area contributed by atoms with Gasteiger partial charge in [0.25, 0.3) is 0 Å². The predicted octanol–water partition coefficient (Wildman–Crippen LogP) is 0.677. The molecular formula is C10H17N3OS. The van der Waals surface area contributed by atoms with E-state index < -0.39 is 0 Å². The van der Waals surface area contributed by atoms with Crippen molar-refractivity contribution in [2.24, 2.45) is 23.5 Å². The Hall–Kier alpha value is -0.840. The van der Waals surface area contributed by atoms with Gasteiger partial charge in [-0.25, -0.2) is 0 Å². The molecule has 3 unspecified atom stereocenters. The van der Waals surface area contributed by atoms with Gasteiger partial charge in [-0.2, -0.15) is 0 Å². The molecule has 0 aliphatic heterocycles. The number of amides is 1. The molecule has 1 amide bonds. The number of carbonyl (C=O) groups is 1. The molecule has 2 bridgehead atoms. The van der Waals surface area contributed by atoms with Gasteiger partial charge in [0.05, 0.1) is 0 Å². The molecule has 0 spiro atoms. The van der Waals surface area contributed by atoms with Crippen LogP contribution in [0.3, 0.4) is 0 Å². The molecule has 0 heterocycles. The standard InChI is InChI=1S/C10H17N3OS/c11-10(15)13-12-9(14)5-8-4-6-1-2-7(8)3-6/h6-8H,1-5H2,(H,12,14)(H3,11,13,15). The fourth-order valence-corrected chi connectivity index (χ4v) is 3.10. The molecule has 0 aromatic heterocycles. The van der Waals surface area contributed by atoms with Gasteiger partial charge in [-0.3, -0.25) is 15.6 Å². The van der Waals surface area contributed by atoms with Crippen LogP contribution < -0.4 is 16.6 Å². The quantitative estimate of drug-likeness (QED) is 0.479. The number of fused-ring (bicyclic) bond motifs is 2. The van der Waals surface area contributed by atoms with Crippen LogP contribution in [-0.2, 0) is 4.79 Å². The molecule has 2 fully saturated rings. The molecule has 15 heavy (non-hydrogen) atoms. The largest absolute Gasteiger partial charge is 0.375 e. The third-order valence-corrected chi connectivity index (χ3v) is 3.76. The Morgan fingerprint density at radius 3 is 2.67 bits per heavy atom. The lowest BCUT2D eigenvalue weighted by atomic mass is 9.86. The summed E-state index contributed by atoms with van der Waals surface area (Å²) in [6, 6.07) is 0. The van der Waals surface area contributed by atoms with Crippen molar-refractivity contribution in [3.63, 3.8) is 0 Å². The summed E-state index contributed by atoms with van der Waals surface area (Å²) in [5.74, 6) is 2.25. The van der Waals surface area contributed by atoms with E-state index in [9.17, 15) is 4.79 Å². The maximum atomic E-state index is 11.5. The second-order valence-electron chi connectivity index (χ2n) is 4.68. The van der Waals surface area contributed by atoms with Gasteiger partial charge in [0.2, 0.25) is 5.91 Å². The first-order chi connectivity index (χ1) is 7.15. The summed E-state index contributed by atoms with van der Waals surface area (Å²) in [6.45, 7) is 0. The van der Waals surface area contributed by atoms with E-state index in [1.165, 1.54) is 25.7 Å². The van der Waals surface area contributed by atoms with Gasteiger partial charge in [0.15, 0.2) is 5.11 Å². The first-order valence-corrected chi connectivity index (χ1v) is 5.90. The summed E-state index contributed by atoms with van der Waals surface area (Å²) >= 11 is 4.60. The van der Waals surface area contributed by atoms with Crippen LogP contribution in [0.2, 0.25) is 0 Å². The third kappa shape index (κ3) is 2.59. The first kappa shape index (κ1) is 10.7. The van der Waals surface area contributed by atoms with Gasteiger partial charge in [-0.05, 0) is 49.2 Å². The molecule has 0 aromatic rings. The second-order valence-corrected chi connectivity index (χ2v) is 5.12. The van der Waals surface area contributed by atoms with Crippen molar-refractivity contribution in [1.29, 1.82) is 0 Å². The molecule has 3 atom stereocenters. The molecule has 2 aliphatic rings. The Morgan fingerprint density at radius 2 is 2.13 bits per heavy atom. The number of carbonyl (C=O) groups excluding carboxylic acids is 1. The van der Waals surface area contributed by atoms with E-state index in [0.29, 0.717) is 12.3 Å². The highest BCUT2D eigenvalue weighted by atomic mass is 32.1. The van der Waals surface area contributed by atoms with Crippen molar-refractivity contribution in [3.8, 4) is 0 Å². The highest BCUT2D eigenvalue weighted by Crippen LogP contribution is 2.49. The van der Waals surface area contributed by atoms with Crippen molar-refractivity contribution in [2.75, 3.05) is 0 Å². The van der Waals surface area contributed by atoms with Crippen molar-refractivity contribution in [2.45, 2.75) is 32.1 Å². The summed E-state index contributed by atoms with van der Waals surface area (Å²) < 4.78 is 0. The summed E-state index contributed by atoms with van der Waals surface area (Å²) in [7, 11) is 0. The van der Waals surface area contributed by atoms with Crippen molar-refractivity contribution in [1.82, 2.24) is 10.9 Å². The van der Waals surface area contributed by atoms with Crippen molar-refractivity contribution in [3.05, 3.63) is 0 Å². The van der Waals surface area contributed by atoms with E-state index in [-0.39, 0.29) is 11.0 Å². The van der Waals surface area contributed by atoms with Crippen LogP contribution in [0.15, 0.2) is 0 Å². The van der Waals surface area contributed by atoms with E-state index in [1.54, 1.807) is 0 Å². The maximum absolute atomic E-state index is 11.5. The Bertz CT molecular complexity index is 282. The molecule has 84 valence electrons. The molecule has 5 heteroatoms. The summed E-state index contributed by atoms with van der Waals surface area (Å²) in [5.41, 5.74) is 10.2. The average molecular weight is 227 g/mol. The van der Waals surface area contributed by atoms with E-state index in [1.807, 2.05) is 0 Å². The average Bonchev–Trinajstić information content (AvgIpc) is 2.76. The van der Waals surface area contributed by atoms with Crippen LogP contribution in [0, 0.1) is 17.8 Å². The van der Waals surface area contributed by atoms with Gasteiger partial charge in [0, 0.05) is 6.42 Å². The minimum atomic E-state index is 0.000324. The van der Waals surface area contributed by atoms with Gasteiger partial charge in [-0.15, -0.1) is 0 Å². The number of rotatable bonds is 2. The molecular weight excluding hydrogens is 210 g/mol. The molecule has 0 saturated heterocycles. The van der Waals surface area contributed by atoms with Gasteiger partial charge < -0.3 is 5.73 Å². The van der Waals surface area contributed by atoms with E-state index >= 15 is 0 Å². The molecule has 4 N–H and O–H groups in total. The number of hydrazine groups is 1. The normalized spacial score (nSPS) is 32.7. The number of nitrogens with two attached hydrogens (primary N) is 1. The zero-order valence-corrected chi connectivity index (χ0v) is 9.48. The smallest absolute Gasteiger partial charge is 0.238 e. The maximum Gasteiger partial charge on any atom is 0.238 e. The zero-order valence-electron chi connectivity index (χ0n) is 8.66. The van der Waals surface area contributed by atoms with Crippen LogP contribution >= 0.6 is 12.2 Å². The molecule has 2 aliphatic carbocycles. The monoisotopic (exact) mass is 227 g/mol. The van der Waals surface area contributed by atoms with Gasteiger partial charge in [0.1, 0.15) is 0 Å². The predicted molar refractivity (Wildman–Crippen MR) is 61.6 cm³/mol. The highest BCUT2D eigenvalue weighted by Gasteiger charge is 2.39. The number of thiocarbonyl (C=S) groups is 1. The minimum Gasteiger partial charge on any atom is -0.375 e. The highest BCUT2D eigenvalue weighted by molar-refractivity contribution is 7.80. The van der Waals surface area contributed by atoms with Crippen LogP contribution in [0.1, 0.15) is 32.1 Å². The lowest BCUT2D eigenvalue weighted by molar-refractivity contribution is -0.122. The number of hydrogen-bond acceptors (Lipinski definition) is 2. The fourth-order valence-electron chi connectivity index (χ4n) is 3.05. The molecule has 2 rings (SSSR count). The lowest BCUT2D eigenvalue weighted by Crippen LogP contribution is -2.45. The second kappa shape index (κ2) is 4.35. The summed E-state index contributed by atoms with van der Waals surface area (Å²) in [5, 5.41) is 0.108. The topological polar surface area (TPSA) is 67.2 Å². The number of nitrogens with one attached hydrogen (secondary N) is 2. The lowest BCUT2D eigenvalue weighted by Gasteiger charge is -2.20.